The van der Waals surface area contributed by atoms with Crippen molar-refractivity contribution in [1.29, 1.82) is 0 Å². The van der Waals surface area contributed by atoms with Crippen LogP contribution >= 0.6 is 0 Å². The molecule has 5 rings (SSSR count). The second kappa shape index (κ2) is 12.2. The van der Waals surface area contributed by atoms with Crippen molar-refractivity contribution < 1.29 is 13.2 Å². The highest BCUT2D eigenvalue weighted by atomic mass is 32.2. The smallest absolute Gasteiger partial charge is 0.255 e. The molecule has 1 amide bonds. The first kappa shape index (κ1) is 26.6. The van der Waals surface area contributed by atoms with E-state index in [9.17, 15) is 13.2 Å². The number of carbonyl (C=O) groups is 1. The molecule has 2 saturated heterocycles. The maximum Gasteiger partial charge on any atom is 0.255 e. The summed E-state index contributed by atoms with van der Waals surface area (Å²) in [7, 11) is -3.48. The molecule has 0 bridgehead atoms. The third kappa shape index (κ3) is 6.69. The Morgan fingerprint density at radius 3 is 1.79 bits per heavy atom. The number of piperazine rings is 1. The predicted octanol–water partition coefficient (Wildman–Crippen LogP) is 4.43. The molecule has 0 radical (unpaired) electrons. The Kier molecular flexibility index (Phi) is 8.54. The maximum absolute atomic E-state index is 12.8. The van der Waals surface area contributed by atoms with Gasteiger partial charge in [0.2, 0.25) is 10.0 Å². The zero-order valence-electron chi connectivity index (χ0n) is 21.8. The number of sulfonamides is 1. The van der Waals surface area contributed by atoms with Gasteiger partial charge in [-0.15, -0.1) is 0 Å². The number of carbonyl (C=O) groups excluding carboxylic acids is 1. The molecule has 0 saturated carbocycles. The molecule has 0 aromatic heterocycles. The molecule has 200 valence electrons. The zero-order valence-corrected chi connectivity index (χ0v) is 22.6. The monoisotopic (exact) mass is 532 g/mol. The highest BCUT2D eigenvalue weighted by Gasteiger charge is 2.25. The van der Waals surface area contributed by atoms with E-state index in [2.05, 4.69) is 45.4 Å². The van der Waals surface area contributed by atoms with E-state index >= 15 is 0 Å². The molecule has 2 aliphatic rings. The van der Waals surface area contributed by atoms with Gasteiger partial charge in [0.05, 0.1) is 4.90 Å². The van der Waals surface area contributed by atoms with Gasteiger partial charge in [-0.05, 0) is 60.4 Å². The van der Waals surface area contributed by atoms with E-state index in [1.54, 1.807) is 28.6 Å². The summed E-state index contributed by atoms with van der Waals surface area (Å²) in [4.78, 5) is 18.0. The molecule has 8 heteroatoms. The molecular formula is C30H36N4O3S. The Hall–Kier alpha value is -3.04. The number of anilines is 1. The quantitative estimate of drug-likeness (QED) is 0.465. The lowest BCUT2D eigenvalue weighted by Crippen LogP contribution is -2.45. The maximum atomic E-state index is 12.8. The second-order valence-electron chi connectivity index (χ2n) is 10.2. The van der Waals surface area contributed by atoms with E-state index in [0.717, 1.165) is 58.5 Å². The number of rotatable bonds is 8. The van der Waals surface area contributed by atoms with E-state index in [1.807, 2.05) is 24.3 Å². The Balaban J connectivity index is 1.10. The first-order chi connectivity index (χ1) is 18.5. The van der Waals surface area contributed by atoms with Crippen molar-refractivity contribution in [3.8, 4) is 0 Å². The van der Waals surface area contributed by atoms with Gasteiger partial charge in [0.1, 0.15) is 0 Å². The molecule has 3 aromatic carbocycles. The van der Waals surface area contributed by atoms with Crippen LogP contribution in [0.15, 0.2) is 83.8 Å². The molecule has 2 heterocycles. The molecule has 0 unspecified atom stereocenters. The van der Waals surface area contributed by atoms with Crippen molar-refractivity contribution in [1.82, 2.24) is 14.1 Å². The minimum atomic E-state index is -3.48. The highest BCUT2D eigenvalue weighted by molar-refractivity contribution is 7.89. The van der Waals surface area contributed by atoms with Crippen LogP contribution in [-0.2, 0) is 23.1 Å². The summed E-state index contributed by atoms with van der Waals surface area (Å²) >= 11 is 0. The van der Waals surface area contributed by atoms with E-state index in [1.165, 1.54) is 11.1 Å². The van der Waals surface area contributed by atoms with Crippen molar-refractivity contribution >= 4 is 21.6 Å². The third-order valence-corrected chi connectivity index (χ3v) is 9.31. The fraction of sp³-hybridized carbons (Fsp3) is 0.367. The van der Waals surface area contributed by atoms with Crippen molar-refractivity contribution in [3.05, 3.63) is 95.6 Å². The minimum Gasteiger partial charge on any atom is -0.322 e. The molecule has 38 heavy (non-hydrogen) atoms. The van der Waals surface area contributed by atoms with Crippen LogP contribution in [0.5, 0.6) is 0 Å². The van der Waals surface area contributed by atoms with E-state index < -0.39 is 10.0 Å². The van der Waals surface area contributed by atoms with E-state index in [-0.39, 0.29) is 10.8 Å². The predicted molar refractivity (Wildman–Crippen MR) is 150 cm³/mol. The number of benzene rings is 3. The summed E-state index contributed by atoms with van der Waals surface area (Å²) < 4.78 is 27.2. The number of hydrogen-bond donors (Lipinski definition) is 1. The Bertz CT molecular complexity index is 1300. The Labute approximate surface area is 226 Å². The number of hydrogen-bond acceptors (Lipinski definition) is 5. The van der Waals surface area contributed by atoms with Gasteiger partial charge in [-0.1, -0.05) is 48.9 Å². The summed E-state index contributed by atoms with van der Waals surface area (Å²) in [5.74, 6) is -0.210. The summed E-state index contributed by atoms with van der Waals surface area (Å²) in [6.07, 6.45) is 2.87. The fourth-order valence-electron chi connectivity index (χ4n) is 5.13. The molecule has 7 nitrogen and oxygen atoms in total. The normalized spacial score (nSPS) is 17.8. The lowest BCUT2D eigenvalue weighted by Gasteiger charge is -2.34. The number of amides is 1. The average Bonchev–Trinajstić information content (AvgIpc) is 2.96. The van der Waals surface area contributed by atoms with E-state index in [0.29, 0.717) is 24.3 Å². The molecule has 2 fully saturated rings. The largest absolute Gasteiger partial charge is 0.322 e. The average molecular weight is 533 g/mol. The zero-order chi connectivity index (χ0) is 26.4. The molecule has 0 aliphatic carbocycles. The highest BCUT2D eigenvalue weighted by Crippen LogP contribution is 2.22. The van der Waals surface area contributed by atoms with Crippen LogP contribution in [0, 0.1) is 0 Å². The first-order valence-electron chi connectivity index (χ1n) is 13.5. The van der Waals surface area contributed by atoms with Gasteiger partial charge in [-0.3, -0.25) is 14.6 Å². The Morgan fingerprint density at radius 2 is 1.21 bits per heavy atom. The minimum absolute atomic E-state index is 0.210. The van der Waals surface area contributed by atoms with Crippen LogP contribution < -0.4 is 5.32 Å². The molecule has 0 spiro atoms. The second-order valence-corrected chi connectivity index (χ2v) is 12.1. The topological polar surface area (TPSA) is 73.0 Å². The van der Waals surface area contributed by atoms with Crippen LogP contribution in [-0.4, -0.2) is 67.7 Å². The van der Waals surface area contributed by atoms with Crippen molar-refractivity contribution in [3.63, 3.8) is 0 Å². The van der Waals surface area contributed by atoms with Gasteiger partial charge < -0.3 is 5.32 Å². The first-order valence-corrected chi connectivity index (χ1v) is 14.9. The lowest BCUT2D eigenvalue weighted by molar-refractivity contribution is 0.102. The number of nitrogens with zero attached hydrogens (tertiary/aromatic N) is 3. The van der Waals surface area contributed by atoms with Crippen molar-refractivity contribution in [2.24, 2.45) is 0 Å². The van der Waals surface area contributed by atoms with Gasteiger partial charge in [0, 0.05) is 63.6 Å². The van der Waals surface area contributed by atoms with Gasteiger partial charge in [-0.25, -0.2) is 8.42 Å². The fourth-order valence-corrected chi connectivity index (χ4v) is 6.65. The molecule has 2 aliphatic heterocycles. The van der Waals surface area contributed by atoms with Crippen LogP contribution in [0.2, 0.25) is 0 Å². The van der Waals surface area contributed by atoms with Crippen LogP contribution in [0.1, 0.15) is 40.7 Å². The summed E-state index contributed by atoms with van der Waals surface area (Å²) in [5.41, 5.74) is 3.69. The molecular weight excluding hydrogens is 496 g/mol. The number of nitrogens with one attached hydrogen (secondary N) is 1. The third-order valence-electron chi connectivity index (χ3n) is 7.40. The summed E-state index contributed by atoms with van der Waals surface area (Å²) in [6.45, 7) is 7.16. The van der Waals surface area contributed by atoms with Gasteiger partial charge >= 0.3 is 0 Å². The van der Waals surface area contributed by atoms with Gasteiger partial charge in [0.15, 0.2) is 0 Å². The standard InChI is InChI=1S/C30H36N4O3S/c35-30(31-28-13-15-29(16-14-28)38(36,37)34-17-5-2-6-18-34)27-11-9-26(10-12-27)24-33-21-19-32(20-22-33)23-25-7-3-1-4-8-25/h1,3-4,7-16H,2,5-6,17-24H2,(H,31,35). The van der Waals surface area contributed by atoms with Crippen molar-refractivity contribution in [2.75, 3.05) is 44.6 Å². The summed E-state index contributed by atoms with van der Waals surface area (Å²) in [6, 6.07) is 24.8. The number of piperidine rings is 1. The lowest BCUT2D eigenvalue weighted by atomic mass is 10.1. The van der Waals surface area contributed by atoms with Crippen molar-refractivity contribution in [2.45, 2.75) is 37.2 Å². The van der Waals surface area contributed by atoms with Crippen LogP contribution in [0.25, 0.3) is 0 Å². The molecule has 0 atom stereocenters. The summed E-state index contributed by atoms with van der Waals surface area (Å²) in [5, 5.41) is 2.88. The SMILES string of the molecule is O=C(Nc1ccc(S(=O)(=O)N2CCCCC2)cc1)c1ccc(CN2CCN(Cc3ccccc3)CC2)cc1. The van der Waals surface area contributed by atoms with Gasteiger partial charge in [0.25, 0.3) is 5.91 Å². The van der Waals surface area contributed by atoms with Crippen LogP contribution in [0.4, 0.5) is 5.69 Å². The van der Waals surface area contributed by atoms with Crippen LogP contribution in [0.3, 0.4) is 0 Å². The molecule has 3 aromatic rings. The van der Waals surface area contributed by atoms with E-state index in [4.69, 9.17) is 0 Å². The molecule has 1 N–H and O–H groups in total. The van der Waals surface area contributed by atoms with Gasteiger partial charge in [-0.2, -0.15) is 4.31 Å². The Morgan fingerprint density at radius 1 is 0.658 bits per heavy atom.